The largest absolute Gasteiger partial charge is 0.355 e. The number of likely N-dealkylation sites (N-methyl/N-ethyl adjacent to an activating group) is 1. The average Bonchev–Trinajstić information content (AvgIpc) is 2.56. The number of aromatic nitrogens is 1. The monoisotopic (exact) mass is 372 g/mol. The Labute approximate surface area is 147 Å². The third kappa shape index (κ3) is 5.68. The Morgan fingerprint density at radius 2 is 1.72 bits per heavy atom. The van der Waals surface area contributed by atoms with E-state index in [-0.39, 0.29) is 23.9 Å². The van der Waals surface area contributed by atoms with E-state index in [2.05, 4.69) is 10.6 Å². The van der Waals surface area contributed by atoms with Crippen molar-refractivity contribution in [3.63, 3.8) is 0 Å². The van der Waals surface area contributed by atoms with E-state index < -0.39 is 21.5 Å². The van der Waals surface area contributed by atoms with Gasteiger partial charge in [-0.05, 0) is 13.0 Å². The molecule has 0 radical (unpaired) electrons. The van der Waals surface area contributed by atoms with E-state index >= 15 is 0 Å². The molecule has 0 saturated heterocycles. The van der Waals surface area contributed by atoms with Crippen LogP contribution in [-0.4, -0.2) is 55.3 Å². The lowest BCUT2D eigenvalue weighted by atomic mass is 10.4. The number of hydrogen-bond donors (Lipinski definition) is 2. The van der Waals surface area contributed by atoms with Crippen molar-refractivity contribution >= 4 is 21.8 Å². The summed E-state index contributed by atoms with van der Waals surface area (Å²) in [7, 11) is -3.73. The fourth-order valence-electron chi connectivity index (χ4n) is 2.15. The molecule has 0 spiro atoms. The molecular formula is C15H24N4O5S. The van der Waals surface area contributed by atoms with Gasteiger partial charge in [-0.3, -0.25) is 14.4 Å². The highest BCUT2D eigenvalue weighted by molar-refractivity contribution is 7.89. The zero-order valence-electron chi connectivity index (χ0n) is 14.6. The van der Waals surface area contributed by atoms with E-state index in [1.165, 1.54) is 10.4 Å². The van der Waals surface area contributed by atoms with Crippen molar-refractivity contribution in [3.05, 3.63) is 28.7 Å². The summed E-state index contributed by atoms with van der Waals surface area (Å²) in [5.74, 6) is -0.910. The Morgan fingerprint density at radius 1 is 1.08 bits per heavy atom. The Balaban J connectivity index is 2.94. The SMILES string of the molecule is CCNC(=O)CNC(=O)Cn1cc(S(=O)(=O)N(CC)CC)ccc1=O. The minimum absolute atomic E-state index is 0.0627. The Kier molecular flexibility index (Phi) is 7.78. The maximum absolute atomic E-state index is 12.5. The molecule has 1 rings (SSSR count). The van der Waals surface area contributed by atoms with Crippen LogP contribution in [0.2, 0.25) is 0 Å². The first kappa shape index (κ1) is 20.8. The molecule has 9 nitrogen and oxygen atoms in total. The standard InChI is InChI=1S/C15H24N4O5S/c1-4-16-13(20)9-17-14(21)11-18-10-12(7-8-15(18)22)25(23,24)19(5-2)6-3/h7-8,10H,4-6,9,11H2,1-3H3,(H,16,20)(H,17,21). The van der Waals surface area contributed by atoms with Crippen LogP contribution >= 0.6 is 0 Å². The number of sulfonamides is 1. The normalized spacial score (nSPS) is 11.4. The second kappa shape index (κ2) is 9.33. The molecule has 0 unspecified atom stereocenters. The number of carbonyl (C=O) groups excluding carboxylic acids is 2. The van der Waals surface area contributed by atoms with E-state index in [0.717, 1.165) is 16.8 Å². The molecule has 2 N–H and O–H groups in total. The molecule has 1 heterocycles. The molecule has 0 aromatic carbocycles. The molecule has 2 amide bonds. The second-order valence-electron chi connectivity index (χ2n) is 5.15. The van der Waals surface area contributed by atoms with Crippen LogP contribution < -0.4 is 16.2 Å². The van der Waals surface area contributed by atoms with E-state index in [9.17, 15) is 22.8 Å². The number of nitrogens with one attached hydrogen (secondary N) is 2. The van der Waals surface area contributed by atoms with Gasteiger partial charge in [-0.1, -0.05) is 13.8 Å². The molecule has 0 saturated carbocycles. The van der Waals surface area contributed by atoms with Gasteiger partial charge in [-0.2, -0.15) is 4.31 Å². The number of pyridine rings is 1. The van der Waals surface area contributed by atoms with Gasteiger partial charge in [0, 0.05) is 31.9 Å². The summed E-state index contributed by atoms with van der Waals surface area (Å²) in [5, 5.41) is 4.90. The lowest BCUT2D eigenvalue weighted by molar-refractivity contribution is -0.126. The number of amides is 2. The third-order valence-corrected chi connectivity index (χ3v) is 5.47. The van der Waals surface area contributed by atoms with Gasteiger partial charge in [0.05, 0.1) is 11.4 Å². The van der Waals surface area contributed by atoms with Gasteiger partial charge in [-0.25, -0.2) is 8.42 Å². The Bertz CT molecular complexity index is 768. The van der Waals surface area contributed by atoms with Crippen molar-refractivity contribution in [1.82, 2.24) is 19.5 Å². The van der Waals surface area contributed by atoms with Crippen LogP contribution in [-0.2, 0) is 26.2 Å². The van der Waals surface area contributed by atoms with Gasteiger partial charge < -0.3 is 15.2 Å². The van der Waals surface area contributed by atoms with Crippen LogP contribution in [0, 0.1) is 0 Å². The highest BCUT2D eigenvalue weighted by atomic mass is 32.2. The van der Waals surface area contributed by atoms with Gasteiger partial charge >= 0.3 is 0 Å². The van der Waals surface area contributed by atoms with Crippen molar-refractivity contribution in [2.24, 2.45) is 0 Å². The summed E-state index contributed by atoms with van der Waals surface area (Å²) in [6.07, 6.45) is 1.14. The lowest BCUT2D eigenvalue weighted by Crippen LogP contribution is -2.39. The second-order valence-corrected chi connectivity index (χ2v) is 7.09. The first-order valence-corrected chi connectivity index (χ1v) is 9.44. The van der Waals surface area contributed by atoms with E-state index in [1.807, 2.05) is 0 Å². The fraction of sp³-hybridized carbons (Fsp3) is 0.533. The number of nitrogens with zero attached hydrogens (tertiary/aromatic N) is 2. The van der Waals surface area contributed by atoms with Crippen LogP contribution in [0.5, 0.6) is 0 Å². The topological polar surface area (TPSA) is 118 Å². The van der Waals surface area contributed by atoms with Crippen molar-refractivity contribution in [2.45, 2.75) is 32.2 Å². The average molecular weight is 372 g/mol. The quantitative estimate of drug-likeness (QED) is 0.584. The van der Waals surface area contributed by atoms with E-state index in [1.54, 1.807) is 20.8 Å². The zero-order valence-corrected chi connectivity index (χ0v) is 15.4. The zero-order chi connectivity index (χ0) is 19.0. The van der Waals surface area contributed by atoms with Gasteiger partial charge in [0.1, 0.15) is 6.54 Å². The van der Waals surface area contributed by atoms with E-state index in [0.29, 0.717) is 19.6 Å². The summed E-state index contributed by atoms with van der Waals surface area (Å²) >= 11 is 0. The van der Waals surface area contributed by atoms with Gasteiger partial charge in [0.2, 0.25) is 21.8 Å². The summed E-state index contributed by atoms with van der Waals surface area (Å²) in [5.41, 5.74) is -0.508. The molecule has 0 atom stereocenters. The molecule has 0 fully saturated rings. The first-order valence-electron chi connectivity index (χ1n) is 8.00. The molecule has 1 aromatic heterocycles. The molecule has 140 valence electrons. The van der Waals surface area contributed by atoms with Crippen LogP contribution in [0.25, 0.3) is 0 Å². The number of rotatable bonds is 9. The highest BCUT2D eigenvalue weighted by Gasteiger charge is 2.22. The van der Waals surface area contributed by atoms with Crippen molar-refractivity contribution in [3.8, 4) is 0 Å². The first-order chi connectivity index (χ1) is 11.8. The van der Waals surface area contributed by atoms with Gasteiger partial charge in [-0.15, -0.1) is 0 Å². The predicted molar refractivity (Wildman–Crippen MR) is 92.5 cm³/mol. The maximum Gasteiger partial charge on any atom is 0.251 e. The maximum atomic E-state index is 12.5. The molecule has 1 aromatic rings. The van der Waals surface area contributed by atoms with Gasteiger partial charge in [0.25, 0.3) is 5.56 Å². The van der Waals surface area contributed by atoms with Gasteiger partial charge in [0.15, 0.2) is 0 Å². The molecule has 0 aliphatic carbocycles. The van der Waals surface area contributed by atoms with Crippen molar-refractivity contribution in [1.29, 1.82) is 0 Å². The summed E-state index contributed by atoms with van der Waals surface area (Å²) in [6.45, 7) is 5.63. The fourth-order valence-corrected chi connectivity index (χ4v) is 3.63. The summed E-state index contributed by atoms with van der Waals surface area (Å²) in [6, 6.07) is 2.33. The minimum atomic E-state index is -3.73. The number of hydrogen-bond acceptors (Lipinski definition) is 5. The number of carbonyl (C=O) groups is 2. The molecule has 0 aliphatic rings. The van der Waals surface area contributed by atoms with Crippen LogP contribution in [0.3, 0.4) is 0 Å². The lowest BCUT2D eigenvalue weighted by Gasteiger charge is -2.19. The Hall–Kier alpha value is -2.20. The van der Waals surface area contributed by atoms with E-state index in [4.69, 9.17) is 0 Å². The molecular weight excluding hydrogens is 348 g/mol. The Morgan fingerprint density at radius 3 is 2.28 bits per heavy atom. The molecule has 25 heavy (non-hydrogen) atoms. The summed E-state index contributed by atoms with van der Waals surface area (Å²) < 4.78 is 27.2. The smallest absolute Gasteiger partial charge is 0.251 e. The third-order valence-electron chi connectivity index (χ3n) is 3.43. The molecule has 10 heteroatoms. The molecule has 0 aliphatic heterocycles. The van der Waals surface area contributed by atoms with Crippen LogP contribution in [0.4, 0.5) is 0 Å². The van der Waals surface area contributed by atoms with Crippen molar-refractivity contribution < 1.29 is 18.0 Å². The predicted octanol–water partition coefficient (Wildman–Crippen LogP) is -0.869. The highest BCUT2D eigenvalue weighted by Crippen LogP contribution is 2.13. The van der Waals surface area contributed by atoms with Crippen LogP contribution in [0.1, 0.15) is 20.8 Å². The van der Waals surface area contributed by atoms with Crippen LogP contribution in [0.15, 0.2) is 28.0 Å². The summed E-state index contributed by atoms with van der Waals surface area (Å²) in [4.78, 5) is 35.0. The molecule has 0 bridgehead atoms. The minimum Gasteiger partial charge on any atom is -0.355 e. The van der Waals surface area contributed by atoms with Crippen molar-refractivity contribution in [2.75, 3.05) is 26.2 Å².